The van der Waals surface area contributed by atoms with E-state index >= 15 is 0 Å². The van der Waals surface area contributed by atoms with Gasteiger partial charge in [0.1, 0.15) is 30.5 Å². The topological polar surface area (TPSA) is 35.5 Å². The van der Waals surface area contributed by atoms with Crippen molar-refractivity contribution in [3.05, 3.63) is 57.3 Å². The van der Waals surface area contributed by atoms with Crippen LogP contribution in [0, 0.1) is 5.82 Å². The Hall–Kier alpha value is -1.59. The molecule has 0 saturated carbocycles. The van der Waals surface area contributed by atoms with Gasteiger partial charge in [-0.3, -0.25) is 4.79 Å². The van der Waals surface area contributed by atoms with Gasteiger partial charge in [-0.25, -0.2) is 4.39 Å². The molecule has 3 nitrogen and oxygen atoms in total. The Kier molecular flexibility index (Phi) is 5.59. The third-order valence-corrected chi connectivity index (χ3v) is 3.38. The van der Waals surface area contributed by atoms with E-state index < -0.39 is 0 Å². The summed E-state index contributed by atoms with van der Waals surface area (Å²) in [5, 5.41) is 0.443. The maximum atomic E-state index is 12.7. The molecule has 2 aromatic carbocycles. The van der Waals surface area contributed by atoms with E-state index in [9.17, 15) is 9.18 Å². The number of carbonyl (C=O) groups excluding carboxylic acids is 1. The predicted molar refractivity (Wildman–Crippen MR) is 81.9 cm³/mol. The SMILES string of the molecule is O=Cc1cc(Cl)cc(Br)c1OCCOc1ccc(F)cc1. The van der Waals surface area contributed by atoms with E-state index in [4.69, 9.17) is 21.1 Å². The third kappa shape index (κ3) is 4.44. The van der Waals surface area contributed by atoms with E-state index in [0.717, 1.165) is 0 Å². The van der Waals surface area contributed by atoms with Gasteiger partial charge in [0.05, 0.1) is 10.0 Å². The van der Waals surface area contributed by atoms with Crippen LogP contribution in [0.4, 0.5) is 4.39 Å². The van der Waals surface area contributed by atoms with Gasteiger partial charge in [-0.05, 0) is 52.3 Å². The molecule has 0 spiro atoms. The highest BCUT2D eigenvalue weighted by molar-refractivity contribution is 9.10. The molecule has 0 aliphatic carbocycles. The van der Waals surface area contributed by atoms with Crippen molar-refractivity contribution in [1.29, 1.82) is 0 Å². The molecule has 0 aliphatic rings. The van der Waals surface area contributed by atoms with E-state index in [1.807, 2.05) is 0 Å². The second-order valence-electron chi connectivity index (χ2n) is 4.07. The lowest BCUT2D eigenvalue weighted by molar-refractivity contribution is 0.111. The first-order chi connectivity index (χ1) is 10.1. The molecule has 2 rings (SSSR count). The molecule has 0 aliphatic heterocycles. The minimum Gasteiger partial charge on any atom is -0.490 e. The smallest absolute Gasteiger partial charge is 0.153 e. The van der Waals surface area contributed by atoms with Crippen LogP contribution in [0.15, 0.2) is 40.9 Å². The van der Waals surface area contributed by atoms with Gasteiger partial charge in [0.15, 0.2) is 6.29 Å². The Morgan fingerprint density at radius 3 is 2.48 bits per heavy atom. The molecule has 0 amide bonds. The van der Waals surface area contributed by atoms with Crippen LogP contribution in [0.3, 0.4) is 0 Å². The van der Waals surface area contributed by atoms with Gasteiger partial charge in [0.25, 0.3) is 0 Å². The van der Waals surface area contributed by atoms with Gasteiger partial charge >= 0.3 is 0 Å². The first-order valence-electron chi connectivity index (χ1n) is 6.05. The van der Waals surface area contributed by atoms with Crippen LogP contribution in [0.2, 0.25) is 5.02 Å². The van der Waals surface area contributed by atoms with Gasteiger partial charge in [0, 0.05) is 5.02 Å². The van der Waals surface area contributed by atoms with Gasteiger partial charge in [-0.2, -0.15) is 0 Å². The summed E-state index contributed by atoms with van der Waals surface area (Å²) in [7, 11) is 0. The zero-order valence-electron chi connectivity index (χ0n) is 10.8. The lowest BCUT2D eigenvalue weighted by Gasteiger charge is -2.12. The number of rotatable bonds is 6. The first kappa shape index (κ1) is 15.8. The third-order valence-electron chi connectivity index (χ3n) is 2.58. The minimum absolute atomic E-state index is 0.235. The van der Waals surface area contributed by atoms with Crippen LogP contribution in [-0.4, -0.2) is 19.5 Å². The molecular weight excluding hydrogens is 363 g/mol. The summed E-state index contributed by atoms with van der Waals surface area (Å²) < 4.78 is 24.2. The van der Waals surface area contributed by atoms with Crippen molar-refractivity contribution < 1.29 is 18.7 Å². The minimum atomic E-state index is -0.320. The lowest BCUT2D eigenvalue weighted by Crippen LogP contribution is -2.10. The Morgan fingerprint density at radius 1 is 1.14 bits per heavy atom. The van der Waals surface area contributed by atoms with E-state index in [0.29, 0.717) is 32.8 Å². The molecule has 0 fully saturated rings. The number of ether oxygens (including phenoxy) is 2. The van der Waals surface area contributed by atoms with Crippen molar-refractivity contribution in [3.63, 3.8) is 0 Å². The molecule has 21 heavy (non-hydrogen) atoms. The van der Waals surface area contributed by atoms with Crippen LogP contribution >= 0.6 is 27.5 Å². The molecule has 0 bridgehead atoms. The molecule has 0 aromatic heterocycles. The summed E-state index contributed by atoms with van der Waals surface area (Å²) in [5.74, 6) is 0.641. The largest absolute Gasteiger partial charge is 0.490 e. The van der Waals surface area contributed by atoms with E-state index in [-0.39, 0.29) is 19.0 Å². The molecule has 6 heteroatoms. The number of halogens is 3. The van der Waals surface area contributed by atoms with Crippen molar-refractivity contribution in [2.24, 2.45) is 0 Å². The molecule has 0 heterocycles. The summed E-state index contributed by atoms with van der Waals surface area (Å²) in [4.78, 5) is 11.0. The quantitative estimate of drug-likeness (QED) is 0.552. The highest BCUT2D eigenvalue weighted by atomic mass is 79.9. The van der Waals surface area contributed by atoms with Crippen LogP contribution < -0.4 is 9.47 Å². The Balaban J connectivity index is 1.91. The fourth-order valence-corrected chi connectivity index (χ4v) is 2.60. The maximum absolute atomic E-state index is 12.7. The van der Waals surface area contributed by atoms with Crippen LogP contribution in [0.5, 0.6) is 11.5 Å². The maximum Gasteiger partial charge on any atom is 0.153 e. The summed E-state index contributed by atoms with van der Waals surface area (Å²) in [5.41, 5.74) is 0.358. The van der Waals surface area contributed by atoms with Gasteiger partial charge in [-0.15, -0.1) is 0 Å². The highest BCUT2D eigenvalue weighted by Gasteiger charge is 2.10. The normalized spacial score (nSPS) is 10.2. The number of benzene rings is 2. The zero-order valence-corrected chi connectivity index (χ0v) is 13.2. The van der Waals surface area contributed by atoms with Crippen molar-refractivity contribution in [3.8, 4) is 11.5 Å². The fraction of sp³-hybridized carbons (Fsp3) is 0.133. The average Bonchev–Trinajstić information content (AvgIpc) is 2.46. The van der Waals surface area contributed by atoms with Gasteiger partial charge in [0.2, 0.25) is 0 Å². The Bertz CT molecular complexity index is 632. The average molecular weight is 374 g/mol. The Labute approximate surface area is 134 Å². The van der Waals surface area contributed by atoms with Crippen molar-refractivity contribution in [2.75, 3.05) is 13.2 Å². The predicted octanol–water partition coefficient (Wildman–Crippen LogP) is 4.51. The second-order valence-corrected chi connectivity index (χ2v) is 5.37. The van der Waals surface area contributed by atoms with Crippen LogP contribution in [0.25, 0.3) is 0 Å². The standard InChI is InChI=1S/C15H11BrClFO3/c16-14-8-11(17)7-10(9-19)15(14)21-6-5-20-13-3-1-12(18)2-4-13/h1-4,7-9H,5-6H2. The van der Waals surface area contributed by atoms with Crippen molar-refractivity contribution in [1.82, 2.24) is 0 Å². The summed E-state index contributed by atoms with van der Waals surface area (Å²) in [6, 6.07) is 8.86. The molecule has 0 radical (unpaired) electrons. The van der Waals surface area contributed by atoms with Gasteiger partial charge in [-0.1, -0.05) is 11.6 Å². The van der Waals surface area contributed by atoms with Crippen LogP contribution in [0.1, 0.15) is 10.4 Å². The molecule has 0 atom stereocenters. The van der Waals surface area contributed by atoms with Crippen molar-refractivity contribution >= 4 is 33.8 Å². The molecule has 0 N–H and O–H groups in total. The van der Waals surface area contributed by atoms with Crippen molar-refractivity contribution in [2.45, 2.75) is 0 Å². The number of hydrogen-bond acceptors (Lipinski definition) is 3. The monoisotopic (exact) mass is 372 g/mol. The van der Waals surface area contributed by atoms with E-state index in [1.54, 1.807) is 6.07 Å². The second kappa shape index (κ2) is 7.43. The number of hydrogen-bond donors (Lipinski definition) is 0. The number of carbonyl (C=O) groups is 1. The molecule has 0 unspecified atom stereocenters. The summed E-state index contributed by atoms with van der Waals surface area (Å²) in [6.07, 6.45) is 0.673. The number of aldehydes is 1. The lowest BCUT2D eigenvalue weighted by atomic mass is 10.2. The summed E-state index contributed by atoms with van der Waals surface area (Å²) in [6.45, 7) is 0.497. The molecule has 0 saturated heterocycles. The fourth-order valence-electron chi connectivity index (χ4n) is 1.65. The van der Waals surface area contributed by atoms with Gasteiger partial charge < -0.3 is 9.47 Å². The molecular formula is C15H11BrClFO3. The molecule has 2 aromatic rings. The zero-order chi connectivity index (χ0) is 15.2. The summed E-state index contributed by atoms with van der Waals surface area (Å²) >= 11 is 9.15. The highest BCUT2D eigenvalue weighted by Crippen LogP contribution is 2.31. The van der Waals surface area contributed by atoms with E-state index in [2.05, 4.69) is 15.9 Å². The molecule has 110 valence electrons. The van der Waals surface area contributed by atoms with E-state index in [1.165, 1.54) is 30.3 Å². The first-order valence-corrected chi connectivity index (χ1v) is 7.22. The van der Waals surface area contributed by atoms with Crippen LogP contribution in [-0.2, 0) is 0 Å². The Morgan fingerprint density at radius 2 is 1.81 bits per heavy atom.